The van der Waals surface area contributed by atoms with Gasteiger partial charge in [0.15, 0.2) is 11.0 Å². The number of pyridine rings is 1. The first-order valence-corrected chi connectivity index (χ1v) is 12.5. The van der Waals surface area contributed by atoms with E-state index in [1.54, 1.807) is 23.8 Å². The third-order valence-electron chi connectivity index (χ3n) is 5.59. The van der Waals surface area contributed by atoms with Crippen LogP contribution in [0.5, 0.6) is 11.5 Å². The molecule has 0 atom stereocenters. The summed E-state index contributed by atoms with van der Waals surface area (Å²) >= 11 is 1.47. The second-order valence-electron chi connectivity index (χ2n) is 8.11. The first kappa shape index (κ1) is 23.6. The van der Waals surface area contributed by atoms with Crippen molar-refractivity contribution in [2.75, 3.05) is 13.7 Å². The summed E-state index contributed by atoms with van der Waals surface area (Å²) in [7, 11) is 1.64. The lowest BCUT2D eigenvalue weighted by Crippen LogP contribution is -2.15. The summed E-state index contributed by atoms with van der Waals surface area (Å²) < 4.78 is 14.6. The van der Waals surface area contributed by atoms with Gasteiger partial charge >= 0.3 is 0 Å². The Hall–Kier alpha value is -4.11. The molecule has 0 fully saturated rings. The predicted octanol–water partition coefficient (Wildman–Crippen LogP) is 4.95. The average Bonchev–Trinajstić information content (AvgIpc) is 3.32. The lowest BCUT2D eigenvalue weighted by Gasteiger charge is -2.12. The van der Waals surface area contributed by atoms with Crippen molar-refractivity contribution < 1.29 is 9.47 Å². The van der Waals surface area contributed by atoms with Gasteiger partial charge in [0.25, 0.3) is 5.56 Å². The molecule has 0 aliphatic heterocycles. The molecule has 0 bridgehead atoms. The number of hydrogen-bond donors (Lipinski definition) is 0. The van der Waals surface area contributed by atoms with E-state index in [1.165, 1.54) is 11.8 Å². The number of hydrogen-bond acceptors (Lipinski definition) is 7. The van der Waals surface area contributed by atoms with Crippen LogP contribution >= 0.6 is 11.8 Å². The van der Waals surface area contributed by atoms with E-state index in [-0.39, 0.29) is 5.56 Å². The van der Waals surface area contributed by atoms with E-state index < -0.39 is 0 Å². The third-order valence-corrected chi connectivity index (χ3v) is 6.55. The molecular formula is C27H25N5O3S. The molecule has 36 heavy (non-hydrogen) atoms. The molecule has 0 saturated carbocycles. The van der Waals surface area contributed by atoms with E-state index in [0.29, 0.717) is 34.7 Å². The van der Waals surface area contributed by atoms with Crippen LogP contribution in [0.15, 0.2) is 82.9 Å². The Bertz CT molecular complexity index is 1580. The minimum Gasteiger partial charge on any atom is -0.497 e. The average molecular weight is 500 g/mol. The lowest BCUT2D eigenvalue weighted by molar-refractivity contribution is 0.340. The van der Waals surface area contributed by atoms with Crippen LogP contribution in [0.1, 0.15) is 18.2 Å². The molecule has 0 spiro atoms. The molecule has 9 heteroatoms. The molecule has 0 radical (unpaired) electrons. The summed E-state index contributed by atoms with van der Waals surface area (Å²) in [6.07, 6.45) is 1.75. The first-order valence-electron chi connectivity index (χ1n) is 11.5. The van der Waals surface area contributed by atoms with Crippen molar-refractivity contribution in [3.05, 3.63) is 94.5 Å². The van der Waals surface area contributed by atoms with Crippen molar-refractivity contribution >= 4 is 17.4 Å². The number of aryl methyl sites for hydroxylation is 1. The van der Waals surface area contributed by atoms with E-state index in [0.717, 1.165) is 28.3 Å². The van der Waals surface area contributed by atoms with Crippen LogP contribution in [-0.2, 0) is 5.75 Å². The molecular weight excluding hydrogens is 474 g/mol. The summed E-state index contributed by atoms with van der Waals surface area (Å²) in [5.41, 5.74) is 4.01. The van der Waals surface area contributed by atoms with Gasteiger partial charge in [-0.05, 0) is 67.9 Å². The molecule has 0 unspecified atom stereocenters. The highest BCUT2D eigenvalue weighted by Gasteiger charge is 2.17. The van der Waals surface area contributed by atoms with Crippen LogP contribution in [0.25, 0.3) is 22.7 Å². The van der Waals surface area contributed by atoms with Crippen molar-refractivity contribution in [1.82, 2.24) is 24.1 Å². The molecule has 0 aliphatic rings. The highest BCUT2D eigenvalue weighted by Crippen LogP contribution is 2.31. The van der Waals surface area contributed by atoms with Gasteiger partial charge in [-0.1, -0.05) is 23.9 Å². The largest absolute Gasteiger partial charge is 0.497 e. The number of methoxy groups -OCH3 is 1. The van der Waals surface area contributed by atoms with Crippen molar-refractivity contribution in [3.63, 3.8) is 0 Å². The molecule has 0 amide bonds. The van der Waals surface area contributed by atoms with Gasteiger partial charge in [0.2, 0.25) is 0 Å². The van der Waals surface area contributed by atoms with Gasteiger partial charge in [-0.15, -0.1) is 10.2 Å². The number of aromatic nitrogens is 5. The molecule has 3 aromatic heterocycles. The number of fused-ring (bicyclic) bond motifs is 1. The lowest BCUT2D eigenvalue weighted by atomic mass is 10.2. The Balaban J connectivity index is 1.53. The van der Waals surface area contributed by atoms with Crippen LogP contribution < -0.4 is 15.0 Å². The highest BCUT2D eigenvalue weighted by molar-refractivity contribution is 7.98. The number of thioether (sulfide) groups is 1. The van der Waals surface area contributed by atoms with Gasteiger partial charge in [0.05, 0.1) is 19.4 Å². The van der Waals surface area contributed by atoms with E-state index in [1.807, 2.05) is 79.1 Å². The number of nitrogens with zero attached hydrogens (tertiary/aromatic N) is 5. The molecule has 5 aromatic rings. The van der Waals surface area contributed by atoms with E-state index in [2.05, 4.69) is 15.2 Å². The number of benzene rings is 2. The quantitative estimate of drug-likeness (QED) is 0.279. The number of rotatable bonds is 8. The van der Waals surface area contributed by atoms with Crippen molar-refractivity contribution in [2.45, 2.75) is 24.8 Å². The molecule has 3 heterocycles. The summed E-state index contributed by atoms with van der Waals surface area (Å²) in [6, 6.07) is 20.9. The summed E-state index contributed by atoms with van der Waals surface area (Å²) in [5.74, 6) is 2.68. The fraction of sp³-hybridized carbons (Fsp3) is 0.185. The predicted molar refractivity (Wildman–Crippen MR) is 140 cm³/mol. The topological polar surface area (TPSA) is 83.5 Å². The Morgan fingerprint density at radius 2 is 1.81 bits per heavy atom. The Kier molecular flexibility index (Phi) is 6.73. The summed E-state index contributed by atoms with van der Waals surface area (Å²) in [4.78, 5) is 17.3. The molecule has 182 valence electrons. The molecule has 8 nitrogen and oxygen atoms in total. The molecule has 0 N–H and O–H groups in total. The monoisotopic (exact) mass is 499 g/mol. The van der Waals surface area contributed by atoms with Crippen LogP contribution in [0.4, 0.5) is 0 Å². The number of ether oxygens (including phenoxy) is 2. The van der Waals surface area contributed by atoms with E-state index in [9.17, 15) is 4.79 Å². The minimum atomic E-state index is -0.111. The summed E-state index contributed by atoms with van der Waals surface area (Å²) in [5, 5.41) is 9.68. The van der Waals surface area contributed by atoms with Gasteiger partial charge in [-0.2, -0.15) is 0 Å². The van der Waals surface area contributed by atoms with Crippen molar-refractivity contribution in [2.24, 2.45) is 0 Å². The van der Waals surface area contributed by atoms with Gasteiger partial charge < -0.3 is 9.47 Å². The molecule has 5 rings (SSSR count). The van der Waals surface area contributed by atoms with Gasteiger partial charge in [-0.25, -0.2) is 4.98 Å². The Morgan fingerprint density at radius 1 is 0.972 bits per heavy atom. The van der Waals surface area contributed by atoms with Crippen molar-refractivity contribution in [3.8, 4) is 28.6 Å². The minimum absolute atomic E-state index is 0.111. The van der Waals surface area contributed by atoms with Crippen LogP contribution in [0.3, 0.4) is 0 Å². The molecule has 0 saturated heterocycles. The Labute approximate surface area is 212 Å². The van der Waals surface area contributed by atoms with Crippen LogP contribution in [0.2, 0.25) is 0 Å². The zero-order valence-electron chi connectivity index (χ0n) is 20.2. The smallest absolute Gasteiger partial charge is 0.258 e. The summed E-state index contributed by atoms with van der Waals surface area (Å²) in [6.45, 7) is 4.53. The molecule has 0 aliphatic carbocycles. The fourth-order valence-corrected chi connectivity index (χ4v) is 4.71. The second-order valence-corrected chi connectivity index (χ2v) is 9.05. The van der Waals surface area contributed by atoms with Gasteiger partial charge in [-0.3, -0.25) is 13.8 Å². The maximum atomic E-state index is 12.6. The van der Waals surface area contributed by atoms with Crippen LogP contribution in [0, 0.1) is 6.92 Å². The molecule has 2 aromatic carbocycles. The third kappa shape index (κ3) is 4.83. The zero-order valence-corrected chi connectivity index (χ0v) is 21.0. The van der Waals surface area contributed by atoms with Gasteiger partial charge in [0.1, 0.15) is 17.1 Å². The highest BCUT2D eigenvalue weighted by atomic mass is 32.2. The normalized spacial score (nSPS) is 11.1. The van der Waals surface area contributed by atoms with Gasteiger partial charge in [0, 0.05) is 29.3 Å². The second kappa shape index (κ2) is 10.2. The Morgan fingerprint density at radius 3 is 2.58 bits per heavy atom. The van der Waals surface area contributed by atoms with Crippen LogP contribution in [-0.4, -0.2) is 37.9 Å². The maximum absolute atomic E-state index is 12.6. The standard InChI is InChI=1S/C27H25N5O3S/c1-4-35-22-10-8-21(9-11-22)32-26(19-6-5-7-23(15-19)34-3)29-30-27(32)36-17-20-16-25(33)31-13-12-18(2)14-24(31)28-20/h5-16H,4,17H2,1-3H3. The van der Waals surface area contributed by atoms with E-state index in [4.69, 9.17) is 9.47 Å². The van der Waals surface area contributed by atoms with E-state index >= 15 is 0 Å². The zero-order chi connectivity index (χ0) is 25.1. The first-order chi connectivity index (χ1) is 17.6. The fourth-order valence-electron chi connectivity index (χ4n) is 3.87. The maximum Gasteiger partial charge on any atom is 0.258 e. The van der Waals surface area contributed by atoms with Crippen molar-refractivity contribution in [1.29, 1.82) is 0 Å². The SMILES string of the molecule is CCOc1ccc(-n2c(SCc3cc(=O)n4ccc(C)cc4n3)nnc2-c2cccc(OC)c2)cc1.